The van der Waals surface area contributed by atoms with E-state index < -0.39 is 11.0 Å². The second-order valence-electron chi connectivity index (χ2n) is 3.15. The molecule has 1 aromatic rings. The van der Waals surface area contributed by atoms with Gasteiger partial charge < -0.3 is 10.1 Å². The van der Waals surface area contributed by atoms with Gasteiger partial charge in [-0.25, -0.2) is 4.79 Å². The maximum absolute atomic E-state index is 11.0. The zero-order valence-corrected chi connectivity index (χ0v) is 7.73. The minimum atomic E-state index is -0.563. The first kappa shape index (κ1) is 9.45. The number of nitrogens with zero attached hydrogens (tertiary/aromatic N) is 1. The third-order valence-electron chi connectivity index (χ3n) is 2.14. The van der Waals surface area contributed by atoms with E-state index in [4.69, 9.17) is 4.74 Å². The van der Waals surface area contributed by atoms with Gasteiger partial charge in [0.1, 0.15) is 6.61 Å². The third-order valence-corrected chi connectivity index (χ3v) is 2.14. The summed E-state index contributed by atoms with van der Waals surface area (Å²) in [5, 5.41) is 13.2. The predicted molar refractivity (Wildman–Crippen MR) is 50.1 cm³/mol. The summed E-state index contributed by atoms with van der Waals surface area (Å²) in [7, 11) is 0. The van der Waals surface area contributed by atoms with Crippen molar-refractivity contribution in [2.75, 3.05) is 0 Å². The van der Waals surface area contributed by atoms with Crippen LogP contribution in [-0.4, -0.2) is 11.0 Å². The molecule has 0 spiro atoms. The highest BCUT2D eigenvalue weighted by atomic mass is 16.6. The molecule has 0 aromatic heterocycles. The minimum absolute atomic E-state index is 0.0102. The van der Waals surface area contributed by atoms with Gasteiger partial charge in [0.25, 0.3) is 5.69 Å². The van der Waals surface area contributed by atoms with E-state index in [0.717, 1.165) is 0 Å². The Labute approximate surface area is 85.0 Å². The lowest BCUT2D eigenvalue weighted by atomic mass is 10.1. The van der Waals surface area contributed by atoms with Crippen LogP contribution in [0, 0.1) is 10.1 Å². The summed E-state index contributed by atoms with van der Waals surface area (Å²) < 4.78 is 4.78. The molecule has 2 heterocycles. The molecule has 15 heavy (non-hydrogen) atoms. The molecule has 3 rings (SSSR count). The maximum Gasteiger partial charge on any atom is 0.407 e. The molecule has 0 saturated heterocycles. The van der Waals surface area contributed by atoms with E-state index in [0.29, 0.717) is 11.1 Å². The van der Waals surface area contributed by atoms with Crippen molar-refractivity contribution < 1.29 is 14.5 Å². The van der Waals surface area contributed by atoms with Gasteiger partial charge in [-0.05, 0) is 11.6 Å². The summed E-state index contributed by atoms with van der Waals surface area (Å²) in [6, 6.07) is 4.79. The number of carbonyl (C=O) groups excluding carboxylic acids is 1. The van der Waals surface area contributed by atoms with Gasteiger partial charge in [-0.15, -0.1) is 0 Å². The van der Waals surface area contributed by atoms with Crippen LogP contribution in [-0.2, 0) is 17.9 Å². The Kier molecular flexibility index (Phi) is 2.24. The van der Waals surface area contributed by atoms with Gasteiger partial charge in [-0.3, -0.25) is 10.1 Å². The van der Waals surface area contributed by atoms with E-state index in [1.165, 1.54) is 6.07 Å². The molecule has 0 saturated carbocycles. The molecule has 0 fully saturated rings. The van der Waals surface area contributed by atoms with Gasteiger partial charge in [0.15, 0.2) is 0 Å². The molecule has 6 nitrogen and oxygen atoms in total. The molecular formula is C9H8N2O4. The van der Waals surface area contributed by atoms with Crippen LogP contribution in [0.2, 0.25) is 0 Å². The number of hydrogen-bond donors (Lipinski definition) is 1. The number of amides is 1. The number of benzene rings is 1. The normalized spacial score (nSPS) is 14.5. The van der Waals surface area contributed by atoms with Gasteiger partial charge in [0, 0.05) is 12.6 Å². The van der Waals surface area contributed by atoms with Gasteiger partial charge in [0.2, 0.25) is 0 Å². The summed E-state index contributed by atoms with van der Waals surface area (Å²) in [6.07, 6.45) is -0.563. The van der Waals surface area contributed by atoms with Crippen LogP contribution in [0.4, 0.5) is 10.5 Å². The van der Waals surface area contributed by atoms with Crippen LogP contribution in [0.15, 0.2) is 18.2 Å². The standard InChI is InChI=1S/C9H8N2O4/c12-9-10-4-6-1-2-7(5-15-9)8(3-6)11(13)14/h1-3H,4-5H2,(H,10,12). The maximum atomic E-state index is 11.0. The number of rotatable bonds is 1. The SMILES string of the molecule is O=C1NCc2ccc(c([N+](=O)[O-])c2)CO1. The topological polar surface area (TPSA) is 81.5 Å². The zero-order valence-electron chi connectivity index (χ0n) is 7.73. The number of fused-ring (bicyclic) bond motifs is 6. The van der Waals surface area contributed by atoms with Crippen LogP contribution in [0.5, 0.6) is 0 Å². The van der Waals surface area contributed by atoms with Gasteiger partial charge in [0.05, 0.1) is 10.5 Å². The van der Waals surface area contributed by atoms with Crippen molar-refractivity contribution >= 4 is 11.8 Å². The molecule has 1 amide bonds. The number of nitro groups is 1. The van der Waals surface area contributed by atoms with Crippen molar-refractivity contribution in [3.8, 4) is 0 Å². The van der Waals surface area contributed by atoms with Crippen molar-refractivity contribution in [1.29, 1.82) is 0 Å². The molecule has 6 heteroatoms. The van der Waals surface area contributed by atoms with Crippen molar-refractivity contribution in [2.45, 2.75) is 13.2 Å². The van der Waals surface area contributed by atoms with E-state index in [9.17, 15) is 14.9 Å². The fourth-order valence-corrected chi connectivity index (χ4v) is 1.38. The lowest BCUT2D eigenvalue weighted by Gasteiger charge is -2.02. The minimum Gasteiger partial charge on any atom is -0.444 e. The van der Waals surface area contributed by atoms with Crippen LogP contribution >= 0.6 is 0 Å². The number of ether oxygens (including phenoxy) is 1. The Hall–Kier alpha value is -2.11. The highest BCUT2D eigenvalue weighted by Gasteiger charge is 2.18. The van der Waals surface area contributed by atoms with E-state index in [1.807, 2.05) is 0 Å². The van der Waals surface area contributed by atoms with Crippen molar-refractivity contribution in [3.63, 3.8) is 0 Å². The average Bonchev–Trinajstić information content (AvgIpc) is 2.35. The second-order valence-corrected chi connectivity index (χ2v) is 3.15. The van der Waals surface area contributed by atoms with E-state index in [2.05, 4.69) is 5.32 Å². The molecule has 0 atom stereocenters. The quantitative estimate of drug-likeness (QED) is 0.557. The first-order valence-electron chi connectivity index (χ1n) is 4.33. The lowest BCUT2D eigenvalue weighted by Crippen LogP contribution is -2.22. The van der Waals surface area contributed by atoms with Crippen LogP contribution in [0.3, 0.4) is 0 Å². The number of nitrogens with one attached hydrogen (secondary N) is 1. The Balaban J connectivity index is 2.45. The number of alkyl carbamates (subject to hydrolysis) is 1. The molecule has 1 aromatic carbocycles. The first-order chi connectivity index (χ1) is 7.16. The molecule has 1 N–H and O–H groups in total. The van der Waals surface area contributed by atoms with Crippen LogP contribution < -0.4 is 5.32 Å². The monoisotopic (exact) mass is 208 g/mol. The van der Waals surface area contributed by atoms with E-state index in [1.54, 1.807) is 12.1 Å². The van der Waals surface area contributed by atoms with Gasteiger partial charge in [-0.1, -0.05) is 6.07 Å². The van der Waals surface area contributed by atoms with Gasteiger partial charge in [-0.2, -0.15) is 0 Å². The van der Waals surface area contributed by atoms with Crippen molar-refractivity contribution in [3.05, 3.63) is 39.4 Å². The number of nitro benzene ring substituents is 1. The largest absolute Gasteiger partial charge is 0.444 e. The fraction of sp³-hybridized carbons (Fsp3) is 0.222. The van der Waals surface area contributed by atoms with Crippen LogP contribution in [0.1, 0.15) is 11.1 Å². The van der Waals surface area contributed by atoms with Crippen molar-refractivity contribution in [2.24, 2.45) is 0 Å². The predicted octanol–water partition coefficient (Wildman–Crippen LogP) is 1.33. The van der Waals surface area contributed by atoms with Gasteiger partial charge >= 0.3 is 6.09 Å². The highest BCUT2D eigenvalue weighted by Crippen LogP contribution is 2.22. The Morgan fingerprint density at radius 2 is 2.27 bits per heavy atom. The average molecular weight is 208 g/mol. The lowest BCUT2D eigenvalue weighted by molar-refractivity contribution is -0.385. The molecule has 0 aliphatic carbocycles. The molecule has 78 valence electrons. The number of carbonyl (C=O) groups is 1. The second kappa shape index (κ2) is 3.56. The first-order valence-corrected chi connectivity index (χ1v) is 4.33. The van der Waals surface area contributed by atoms with Crippen molar-refractivity contribution in [1.82, 2.24) is 5.32 Å². The summed E-state index contributed by atoms with van der Waals surface area (Å²) >= 11 is 0. The van der Waals surface area contributed by atoms with E-state index in [-0.39, 0.29) is 18.8 Å². The molecule has 2 bridgehead atoms. The third kappa shape index (κ3) is 1.88. The Morgan fingerprint density at radius 3 is 3.00 bits per heavy atom. The number of hydrogen-bond acceptors (Lipinski definition) is 4. The van der Waals surface area contributed by atoms with E-state index >= 15 is 0 Å². The molecule has 0 unspecified atom stereocenters. The van der Waals surface area contributed by atoms with Crippen LogP contribution in [0.25, 0.3) is 0 Å². The summed E-state index contributed by atoms with van der Waals surface area (Å²) in [6.45, 7) is 0.155. The highest BCUT2D eigenvalue weighted by molar-refractivity contribution is 5.67. The zero-order chi connectivity index (χ0) is 10.8. The summed E-state index contributed by atoms with van der Waals surface area (Å²) in [5.41, 5.74) is 1.08. The molecule has 2 aliphatic heterocycles. The fourth-order valence-electron chi connectivity index (χ4n) is 1.38. The Bertz CT molecular complexity index is 430. The summed E-state index contributed by atoms with van der Waals surface area (Å²) in [4.78, 5) is 21.2. The summed E-state index contributed by atoms with van der Waals surface area (Å²) in [5.74, 6) is 0. The molecule has 0 radical (unpaired) electrons. The molecule has 2 aliphatic rings. The Morgan fingerprint density at radius 1 is 1.47 bits per heavy atom. The molecular weight excluding hydrogens is 200 g/mol. The smallest absolute Gasteiger partial charge is 0.407 e.